The summed E-state index contributed by atoms with van der Waals surface area (Å²) in [7, 11) is 0. The summed E-state index contributed by atoms with van der Waals surface area (Å²) >= 11 is 0. The second-order valence-corrected chi connectivity index (χ2v) is 5.00. The minimum atomic E-state index is -1.15. The number of anilines is 1. The summed E-state index contributed by atoms with van der Waals surface area (Å²) in [5, 5.41) is 22.2. The maximum atomic E-state index is 12.1. The summed E-state index contributed by atoms with van der Waals surface area (Å²) in [5.74, 6) is -1.48. The monoisotopic (exact) mass is 339 g/mol. The molecule has 0 radical (unpaired) electrons. The summed E-state index contributed by atoms with van der Waals surface area (Å²) in [4.78, 5) is 34.2. The van der Waals surface area contributed by atoms with E-state index in [1.165, 1.54) is 31.2 Å². The van der Waals surface area contributed by atoms with E-state index in [0.29, 0.717) is 5.69 Å². The number of ether oxygens (including phenoxy) is 1. The molecule has 0 aromatic heterocycles. The highest BCUT2D eigenvalue weighted by Gasteiger charge is 2.21. The van der Waals surface area contributed by atoms with E-state index in [2.05, 4.69) is 5.32 Å². The summed E-state index contributed by atoms with van der Waals surface area (Å²) in [6, 6.07) is 13.3. The average Bonchev–Trinajstić information content (AvgIpc) is 2.62. The van der Waals surface area contributed by atoms with E-state index in [9.17, 15) is 19.7 Å². The molecule has 126 valence electrons. The van der Waals surface area contributed by atoms with Crippen LogP contribution in [0.2, 0.25) is 0 Å². The van der Waals surface area contributed by atoms with Crippen molar-refractivity contribution in [2.45, 2.75) is 13.0 Å². The number of hydrogen-bond donors (Lipinski definition) is 1. The summed E-state index contributed by atoms with van der Waals surface area (Å²) in [5.41, 5.74) is 0.280. The fourth-order valence-electron chi connectivity index (χ4n) is 1.95. The molecule has 1 N–H and O–H groups in total. The number of carbonyl (C=O) groups is 2. The van der Waals surface area contributed by atoms with Crippen LogP contribution in [0, 0.1) is 21.4 Å². The van der Waals surface area contributed by atoms with Crippen molar-refractivity contribution in [1.82, 2.24) is 0 Å². The van der Waals surface area contributed by atoms with Gasteiger partial charge in [-0.1, -0.05) is 18.2 Å². The van der Waals surface area contributed by atoms with Gasteiger partial charge in [0.25, 0.3) is 11.6 Å². The Kier molecular flexibility index (Phi) is 5.43. The molecule has 2 aromatic carbocycles. The molecule has 0 bridgehead atoms. The lowest BCUT2D eigenvalue weighted by atomic mass is 10.2. The summed E-state index contributed by atoms with van der Waals surface area (Å²) < 4.78 is 5.02. The number of nitro groups is 1. The first kappa shape index (κ1) is 17.6. The molecular formula is C17H13N3O5. The number of hydrogen-bond acceptors (Lipinski definition) is 6. The smallest absolute Gasteiger partial charge is 0.339 e. The van der Waals surface area contributed by atoms with E-state index >= 15 is 0 Å². The second kappa shape index (κ2) is 7.70. The standard InChI is InChI=1S/C17H13N3O5/c1-11(16(21)19-15-8-3-2-5-13(15)10-18)25-17(22)12-6-4-7-14(9-12)20(23)24/h2-9,11H,1H3,(H,19,21)/t11-/m1/s1. The number of nitro benzene ring substituents is 1. The van der Waals surface area contributed by atoms with Crippen molar-refractivity contribution in [2.75, 3.05) is 5.32 Å². The van der Waals surface area contributed by atoms with Gasteiger partial charge in [-0.25, -0.2) is 4.79 Å². The molecule has 8 nitrogen and oxygen atoms in total. The minimum Gasteiger partial charge on any atom is -0.449 e. The fourth-order valence-corrected chi connectivity index (χ4v) is 1.95. The number of esters is 1. The van der Waals surface area contributed by atoms with Crippen LogP contribution in [0.5, 0.6) is 0 Å². The lowest BCUT2D eigenvalue weighted by Crippen LogP contribution is -2.30. The van der Waals surface area contributed by atoms with E-state index < -0.39 is 22.9 Å². The zero-order valence-corrected chi connectivity index (χ0v) is 13.1. The Balaban J connectivity index is 2.06. The van der Waals surface area contributed by atoms with Crippen LogP contribution >= 0.6 is 0 Å². The molecule has 0 aliphatic heterocycles. The quantitative estimate of drug-likeness (QED) is 0.507. The van der Waals surface area contributed by atoms with Gasteiger partial charge in [-0.3, -0.25) is 14.9 Å². The molecule has 2 aromatic rings. The first-order valence-corrected chi connectivity index (χ1v) is 7.18. The van der Waals surface area contributed by atoms with E-state index in [0.717, 1.165) is 6.07 Å². The Labute approximate surface area is 142 Å². The van der Waals surface area contributed by atoms with Gasteiger partial charge in [0.05, 0.1) is 21.7 Å². The van der Waals surface area contributed by atoms with Crippen LogP contribution in [-0.2, 0) is 9.53 Å². The highest BCUT2D eigenvalue weighted by molar-refractivity contribution is 5.98. The van der Waals surface area contributed by atoms with Gasteiger partial charge in [0.2, 0.25) is 0 Å². The summed E-state index contributed by atoms with van der Waals surface area (Å²) in [6.07, 6.45) is -1.15. The predicted molar refractivity (Wildman–Crippen MR) is 87.8 cm³/mol. The van der Waals surface area contributed by atoms with Crippen LogP contribution in [0.3, 0.4) is 0 Å². The number of nitriles is 1. The highest BCUT2D eigenvalue weighted by Crippen LogP contribution is 2.16. The highest BCUT2D eigenvalue weighted by atomic mass is 16.6. The SMILES string of the molecule is C[C@@H](OC(=O)c1cccc([N+](=O)[O-])c1)C(=O)Nc1ccccc1C#N. The third-order valence-corrected chi connectivity index (χ3v) is 3.25. The molecule has 0 heterocycles. The molecule has 0 saturated carbocycles. The number of nitrogens with zero attached hydrogens (tertiary/aromatic N) is 2. The molecule has 8 heteroatoms. The van der Waals surface area contributed by atoms with E-state index in [-0.39, 0.29) is 16.8 Å². The fraction of sp³-hybridized carbons (Fsp3) is 0.118. The molecule has 0 aliphatic rings. The van der Waals surface area contributed by atoms with Crippen LogP contribution in [0.1, 0.15) is 22.8 Å². The topological polar surface area (TPSA) is 122 Å². The lowest BCUT2D eigenvalue weighted by Gasteiger charge is -2.14. The Morgan fingerprint density at radius 1 is 1.24 bits per heavy atom. The maximum Gasteiger partial charge on any atom is 0.339 e. The largest absolute Gasteiger partial charge is 0.449 e. The van der Waals surface area contributed by atoms with Crippen LogP contribution in [0.15, 0.2) is 48.5 Å². The molecule has 0 aliphatic carbocycles. The zero-order valence-electron chi connectivity index (χ0n) is 13.1. The van der Waals surface area contributed by atoms with Gasteiger partial charge >= 0.3 is 5.97 Å². The van der Waals surface area contributed by atoms with Gasteiger partial charge in [0.15, 0.2) is 6.10 Å². The first-order chi connectivity index (χ1) is 11.9. The third-order valence-electron chi connectivity index (χ3n) is 3.25. The number of benzene rings is 2. The number of amides is 1. The van der Waals surface area contributed by atoms with Gasteiger partial charge < -0.3 is 10.1 Å². The van der Waals surface area contributed by atoms with Gasteiger partial charge in [0.1, 0.15) is 6.07 Å². The van der Waals surface area contributed by atoms with Crippen molar-refractivity contribution < 1.29 is 19.2 Å². The molecule has 0 spiro atoms. The zero-order chi connectivity index (χ0) is 18.4. The van der Waals surface area contributed by atoms with Gasteiger partial charge in [-0.2, -0.15) is 5.26 Å². The Hall–Kier alpha value is -3.73. The second-order valence-electron chi connectivity index (χ2n) is 5.00. The molecule has 1 amide bonds. The number of carbonyl (C=O) groups excluding carboxylic acids is 2. The van der Waals surface area contributed by atoms with Gasteiger partial charge in [-0.15, -0.1) is 0 Å². The van der Waals surface area contributed by atoms with Crippen LogP contribution in [-0.4, -0.2) is 22.9 Å². The number of non-ortho nitro benzene ring substituents is 1. The van der Waals surface area contributed by atoms with Gasteiger partial charge in [0, 0.05) is 12.1 Å². The number of para-hydroxylation sites is 1. The van der Waals surface area contributed by atoms with Crippen molar-refractivity contribution in [2.24, 2.45) is 0 Å². The molecule has 25 heavy (non-hydrogen) atoms. The lowest BCUT2D eigenvalue weighted by molar-refractivity contribution is -0.384. The molecule has 2 rings (SSSR count). The van der Waals surface area contributed by atoms with E-state index in [1.807, 2.05) is 6.07 Å². The van der Waals surface area contributed by atoms with Crippen molar-refractivity contribution in [3.05, 3.63) is 69.8 Å². The maximum absolute atomic E-state index is 12.1. The van der Waals surface area contributed by atoms with E-state index in [4.69, 9.17) is 10.00 Å². The Morgan fingerprint density at radius 3 is 2.64 bits per heavy atom. The normalized spacial score (nSPS) is 11.0. The molecule has 1 atom stereocenters. The third kappa shape index (κ3) is 4.39. The summed E-state index contributed by atoms with van der Waals surface area (Å²) in [6.45, 7) is 1.36. The van der Waals surface area contributed by atoms with Crippen LogP contribution in [0.4, 0.5) is 11.4 Å². The van der Waals surface area contributed by atoms with Crippen LogP contribution < -0.4 is 5.32 Å². The van der Waals surface area contributed by atoms with Crippen molar-refractivity contribution in [3.63, 3.8) is 0 Å². The van der Waals surface area contributed by atoms with Crippen molar-refractivity contribution >= 4 is 23.3 Å². The first-order valence-electron chi connectivity index (χ1n) is 7.18. The minimum absolute atomic E-state index is 0.0359. The predicted octanol–water partition coefficient (Wildman–Crippen LogP) is 2.65. The Morgan fingerprint density at radius 2 is 1.96 bits per heavy atom. The molecule has 0 saturated heterocycles. The Bertz CT molecular complexity index is 873. The van der Waals surface area contributed by atoms with Crippen molar-refractivity contribution in [3.8, 4) is 6.07 Å². The van der Waals surface area contributed by atoms with Crippen molar-refractivity contribution in [1.29, 1.82) is 5.26 Å². The number of rotatable bonds is 5. The van der Waals surface area contributed by atoms with E-state index in [1.54, 1.807) is 18.2 Å². The molecule has 0 fully saturated rings. The van der Waals surface area contributed by atoms with Crippen LogP contribution in [0.25, 0.3) is 0 Å². The van der Waals surface area contributed by atoms with Gasteiger partial charge in [-0.05, 0) is 25.1 Å². The molecule has 0 unspecified atom stereocenters. The average molecular weight is 339 g/mol. The molecular weight excluding hydrogens is 326 g/mol. The number of nitrogens with one attached hydrogen (secondary N) is 1.